The molecule has 0 unspecified atom stereocenters. The molecule has 1 rings (SSSR count). The minimum Gasteiger partial charge on any atom is -0.396 e. The van der Waals surface area contributed by atoms with E-state index in [9.17, 15) is 4.39 Å². The highest BCUT2D eigenvalue weighted by Crippen LogP contribution is 2.24. The van der Waals surface area contributed by atoms with Gasteiger partial charge in [-0.2, -0.15) is 0 Å². The van der Waals surface area contributed by atoms with Gasteiger partial charge in [0.15, 0.2) is 0 Å². The van der Waals surface area contributed by atoms with Crippen LogP contribution in [0.25, 0.3) is 0 Å². The smallest absolute Gasteiger partial charge is 0.124 e. The van der Waals surface area contributed by atoms with Crippen molar-refractivity contribution in [3.05, 3.63) is 35.1 Å². The first-order valence-corrected chi connectivity index (χ1v) is 5.82. The highest BCUT2D eigenvalue weighted by Gasteiger charge is 2.16. The Morgan fingerprint density at radius 3 is 2.47 bits per heavy atom. The first kappa shape index (κ1) is 13.7. The van der Waals surface area contributed by atoms with Crippen molar-refractivity contribution in [2.45, 2.75) is 40.0 Å². The van der Waals surface area contributed by atoms with Gasteiger partial charge in [0.1, 0.15) is 12.4 Å². The third-order valence-electron chi connectivity index (χ3n) is 2.51. The number of hydrogen-bond acceptors (Lipinski definition) is 2. The van der Waals surface area contributed by atoms with E-state index in [1.165, 1.54) is 6.07 Å². The second-order valence-corrected chi connectivity index (χ2v) is 5.07. The first-order valence-electron chi connectivity index (χ1n) is 5.82. The van der Waals surface area contributed by atoms with E-state index in [0.29, 0.717) is 12.3 Å². The van der Waals surface area contributed by atoms with Crippen LogP contribution in [0.2, 0.25) is 0 Å². The fourth-order valence-corrected chi connectivity index (χ4v) is 1.45. The Balaban J connectivity index is 3.14. The molecule has 1 aromatic carbocycles. The molecule has 2 nitrogen and oxygen atoms in total. The molecular weight excluding hydrogens is 217 g/mol. The molecule has 0 aromatic heterocycles. The predicted octanol–water partition coefficient (Wildman–Crippen LogP) is 3.88. The Morgan fingerprint density at radius 2 is 1.94 bits per heavy atom. The number of rotatable bonds is 3. The van der Waals surface area contributed by atoms with Gasteiger partial charge in [0, 0.05) is 5.56 Å². The van der Waals surface area contributed by atoms with Crippen LogP contribution >= 0.6 is 0 Å². The van der Waals surface area contributed by atoms with E-state index in [-0.39, 0.29) is 11.2 Å². The lowest BCUT2D eigenvalue weighted by Gasteiger charge is -2.20. The lowest BCUT2D eigenvalue weighted by Crippen LogP contribution is -2.13. The quantitative estimate of drug-likeness (QED) is 0.577. The third kappa shape index (κ3) is 3.84. The standard InChI is InChI=1S/C14H20FNO/c1-6-17-16-10(2)11-7-12(14(3,4)5)9-13(15)8-11/h7-9H,6H2,1-5H3/b16-10+. The van der Waals surface area contributed by atoms with Crippen LogP contribution in [-0.2, 0) is 10.3 Å². The summed E-state index contributed by atoms with van der Waals surface area (Å²) in [4.78, 5) is 4.98. The summed E-state index contributed by atoms with van der Waals surface area (Å²) in [6, 6.07) is 5.01. The van der Waals surface area contributed by atoms with Gasteiger partial charge >= 0.3 is 0 Å². The lowest BCUT2D eigenvalue weighted by molar-refractivity contribution is 0.159. The summed E-state index contributed by atoms with van der Waals surface area (Å²) in [5.41, 5.74) is 2.33. The van der Waals surface area contributed by atoms with Crippen molar-refractivity contribution >= 4 is 5.71 Å². The van der Waals surface area contributed by atoms with Crippen LogP contribution in [0.4, 0.5) is 4.39 Å². The Kier molecular flexibility index (Phi) is 4.27. The maximum atomic E-state index is 13.5. The molecular formula is C14H20FNO. The van der Waals surface area contributed by atoms with Gasteiger partial charge in [-0.25, -0.2) is 4.39 Å². The Labute approximate surface area is 102 Å². The fourth-order valence-electron chi connectivity index (χ4n) is 1.45. The molecule has 3 heteroatoms. The molecule has 17 heavy (non-hydrogen) atoms. The van der Waals surface area contributed by atoms with E-state index in [1.54, 1.807) is 6.07 Å². The van der Waals surface area contributed by atoms with Crippen LogP contribution in [0.1, 0.15) is 45.7 Å². The molecule has 0 saturated carbocycles. The van der Waals surface area contributed by atoms with Crippen molar-refractivity contribution in [3.63, 3.8) is 0 Å². The largest absolute Gasteiger partial charge is 0.396 e. The molecule has 0 aliphatic rings. The average Bonchev–Trinajstić information content (AvgIpc) is 2.23. The highest BCUT2D eigenvalue weighted by molar-refractivity contribution is 5.98. The Bertz CT molecular complexity index is 419. The number of nitrogens with zero attached hydrogens (tertiary/aromatic N) is 1. The van der Waals surface area contributed by atoms with Crippen LogP contribution in [0.3, 0.4) is 0 Å². The summed E-state index contributed by atoms with van der Waals surface area (Å²) >= 11 is 0. The highest BCUT2D eigenvalue weighted by atomic mass is 19.1. The van der Waals surface area contributed by atoms with Crippen molar-refractivity contribution in [2.75, 3.05) is 6.61 Å². The number of halogens is 1. The van der Waals surface area contributed by atoms with Crippen LogP contribution in [0, 0.1) is 5.82 Å². The SMILES string of the molecule is CCO/N=C(\C)c1cc(F)cc(C(C)(C)C)c1. The summed E-state index contributed by atoms with van der Waals surface area (Å²) in [5, 5.41) is 3.93. The molecule has 0 radical (unpaired) electrons. The molecule has 0 amide bonds. The molecule has 0 N–H and O–H groups in total. The van der Waals surface area contributed by atoms with Gasteiger partial charge in [-0.05, 0) is 43.0 Å². The fraction of sp³-hybridized carbons (Fsp3) is 0.500. The maximum Gasteiger partial charge on any atom is 0.124 e. The van der Waals surface area contributed by atoms with E-state index in [0.717, 1.165) is 11.1 Å². The van der Waals surface area contributed by atoms with Gasteiger partial charge < -0.3 is 4.84 Å². The van der Waals surface area contributed by atoms with Gasteiger partial charge in [0.25, 0.3) is 0 Å². The zero-order valence-electron chi connectivity index (χ0n) is 11.2. The van der Waals surface area contributed by atoms with E-state index < -0.39 is 0 Å². The zero-order valence-corrected chi connectivity index (χ0v) is 11.2. The molecule has 0 heterocycles. The number of oxime groups is 1. The summed E-state index contributed by atoms with van der Waals surface area (Å²) in [6.45, 7) is 10.4. The molecule has 0 spiro atoms. The summed E-state index contributed by atoms with van der Waals surface area (Å²) in [7, 11) is 0. The van der Waals surface area contributed by atoms with Gasteiger partial charge in [-0.15, -0.1) is 0 Å². The van der Waals surface area contributed by atoms with Gasteiger partial charge in [-0.1, -0.05) is 25.9 Å². The molecule has 0 fully saturated rings. The second-order valence-electron chi connectivity index (χ2n) is 5.07. The van der Waals surface area contributed by atoms with E-state index in [4.69, 9.17) is 4.84 Å². The van der Waals surface area contributed by atoms with Crippen molar-refractivity contribution in [2.24, 2.45) is 5.16 Å². The normalized spacial score (nSPS) is 12.7. The summed E-state index contributed by atoms with van der Waals surface area (Å²) in [6.07, 6.45) is 0. The molecule has 1 aromatic rings. The third-order valence-corrected chi connectivity index (χ3v) is 2.51. The van der Waals surface area contributed by atoms with Gasteiger partial charge in [-0.3, -0.25) is 0 Å². The first-order chi connectivity index (χ1) is 7.84. The molecule has 0 bridgehead atoms. The number of benzene rings is 1. The molecule has 0 atom stereocenters. The monoisotopic (exact) mass is 237 g/mol. The van der Waals surface area contributed by atoms with Crippen molar-refractivity contribution in [1.82, 2.24) is 0 Å². The van der Waals surface area contributed by atoms with Crippen LogP contribution < -0.4 is 0 Å². The minimum absolute atomic E-state index is 0.0806. The Morgan fingerprint density at radius 1 is 1.29 bits per heavy atom. The van der Waals surface area contributed by atoms with Crippen LogP contribution in [0.15, 0.2) is 23.4 Å². The van der Waals surface area contributed by atoms with Crippen molar-refractivity contribution in [3.8, 4) is 0 Å². The van der Waals surface area contributed by atoms with E-state index in [1.807, 2.05) is 19.9 Å². The summed E-state index contributed by atoms with van der Waals surface area (Å²) in [5.74, 6) is -0.238. The predicted molar refractivity (Wildman–Crippen MR) is 68.9 cm³/mol. The molecule has 0 aliphatic carbocycles. The van der Waals surface area contributed by atoms with Gasteiger partial charge in [0.2, 0.25) is 0 Å². The average molecular weight is 237 g/mol. The number of hydrogen-bond donors (Lipinski definition) is 0. The minimum atomic E-state index is -0.238. The molecule has 0 aliphatic heterocycles. The lowest BCUT2D eigenvalue weighted by atomic mass is 9.85. The molecule has 94 valence electrons. The summed E-state index contributed by atoms with van der Waals surface area (Å²) < 4.78 is 13.5. The Hall–Kier alpha value is -1.38. The van der Waals surface area contributed by atoms with E-state index >= 15 is 0 Å². The maximum absolute atomic E-state index is 13.5. The van der Waals surface area contributed by atoms with Crippen molar-refractivity contribution < 1.29 is 9.23 Å². The molecule has 0 saturated heterocycles. The zero-order chi connectivity index (χ0) is 13.1. The topological polar surface area (TPSA) is 21.6 Å². The van der Waals surface area contributed by atoms with Gasteiger partial charge in [0.05, 0.1) is 5.71 Å². The van der Waals surface area contributed by atoms with Crippen LogP contribution in [0.5, 0.6) is 0 Å². The van der Waals surface area contributed by atoms with E-state index in [2.05, 4.69) is 25.9 Å². The van der Waals surface area contributed by atoms with Crippen molar-refractivity contribution in [1.29, 1.82) is 0 Å². The van der Waals surface area contributed by atoms with Crippen LogP contribution in [-0.4, -0.2) is 12.3 Å². The second kappa shape index (κ2) is 5.30.